The van der Waals surface area contributed by atoms with Gasteiger partial charge in [-0.1, -0.05) is 18.7 Å². The van der Waals surface area contributed by atoms with Gasteiger partial charge in [-0.2, -0.15) is 0 Å². The molecule has 0 radical (unpaired) electrons. The first-order valence-corrected chi connectivity index (χ1v) is 6.06. The summed E-state index contributed by atoms with van der Waals surface area (Å²) in [4.78, 5) is 19.7. The molecule has 15 heavy (non-hydrogen) atoms. The average molecular weight is 225 g/mol. The topological polar surface area (TPSA) is 54.9 Å². The van der Waals surface area contributed by atoms with Gasteiger partial charge in [0.15, 0.2) is 5.16 Å². The van der Waals surface area contributed by atoms with Gasteiger partial charge >= 0.3 is 0 Å². The normalized spacial score (nSPS) is 12.2. The Morgan fingerprint density at radius 1 is 1.53 bits per heavy atom. The summed E-state index contributed by atoms with van der Waals surface area (Å²) in [5.74, 6) is -0.114. The van der Waals surface area contributed by atoms with Crippen molar-refractivity contribution in [1.29, 1.82) is 0 Å². The first-order valence-electron chi connectivity index (χ1n) is 4.84. The molecule has 0 unspecified atom stereocenters. The summed E-state index contributed by atoms with van der Waals surface area (Å²) in [6.45, 7) is 3.99. The molecule has 0 aliphatic carbocycles. The maximum Gasteiger partial charge on any atom is 0.254 e. The quantitative estimate of drug-likeness (QED) is 0.626. The zero-order valence-electron chi connectivity index (χ0n) is 9.15. The van der Waals surface area contributed by atoms with Crippen molar-refractivity contribution in [2.75, 3.05) is 6.26 Å². The fourth-order valence-corrected chi connectivity index (χ4v) is 1.26. The van der Waals surface area contributed by atoms with Gasteiger partial charge in [0, 0.05) is 18.4 Å². The lowest BCUT2D eigenvalue weighted by Gasteiger charge is -2.10. The van der Waals surface area contributed by atoms with E-state index in [4.69, 9.17) is 0 Å². The van der Waals surface area contributed by atoms with E-state index in [0.717, 1.165) is 6.42 Å². The molecular weight excluding hydrogens is 210 g/mol. The molecule has 1 rings (SSSR count). The van der Waals surface area contributed by atoms with Gasteiger partial charge in [0.1, 0.15) is 0 Å². The van der Waals surface area contributed by atoms with Gasteiger partial charge in [-0.05, 0) is 19.6 Å². The Bertz CT molecular complexity index is 326. The molecular formula is C10H15N3OS. The maximum absolute atomic E-state index is 11.6. The second-order valence-electron chi connectivity index (χ2n) is 3.24. The lowest BCUT2D eigenvalue weighted by Crippen LogP contribution is -2.32. The van der Waals surface area contributed by atoms with Crippen LogP contribution in [0.1, 0.15) is 30.6 Å². The monoisotopic (exact) mass is 225 g/mol. The standard InChI is InChI=1S/C10H15N3OS/c1-4-7(2)13-9(14)8-5-11-10(15-3)12-6-8/h5-7H,4H2,1-3H3,(H,13,14)/t7-/m0/s1. The van der Waals surface area contributed by atoms with Crippen molar-refractivity contribution in [3.05, 3.63) is 18.0 Å². The molecule has 1 heterocycles. The van der Waals surface area contributed by atoms with E-state index in [1.807, 2.05) is 20.1 Å². The number of carbonyl (C=O) groups excluding carboxylic acids is 1. The van der Waals surface area contributed by atoms with E-state index < -0.39 is 0 Å². The van der Waals surface area contributed by atoms with Crippen molar-refractivity contribution in [3.63, 3.8) is 0 Å². The number of hydrogen-bond donors (Lipinski definition) is 1. The molecule has 1 aromatic heterocycles. The molecule has 0 saturated heterocycles. The fourth-order valence-electron chi connectivity index (χ4n) is 0.948. The molecule has 5 heteroatoms. The summed E-state index contributed by atoms with van der Waals surface area (Å²) < 4.78 is 0. The van der Waals surface area contributed by atoms with Gasteiger partial charge in [0.25, 0.3) is 5.91 Å². The van der Waals surface area contributed by atoms with Crippen LogP contribution in [0.4, 0.5) is 0 Å². The summed E-state index contributed by atoms with van der Waals surface area (Å²) in [7, 11) is 0. The Morgan fingerprint density at radius 2 is 2.13 bits per heavy atom. The molecule has 4 nitrogen and oxygen atoms in total. The first-order chi connectivity index (χ1) is 7.17. The van der Waals surface area contributed by atoms with Crippen LogP contribution in [0.3, 0.4) is 0 Å². The predicted molar refractivity (Wildman–Crippen MR) is 61.0 cm³/mol. The molecule has 0 aromatic carbocycles. The van der Waals surface area contributed by atoms with Crippen molar-refractivity contribution in [2.45, 2.75) is 31.5 Å². The highest BCUT2D eigenvalue weighted by Crippen LogP contribution is 2.07. The second-order valence-corrected chi connectivity index (χ2v) is 4.01. The minimum Gasteiger partial charge on any atom is -0.350 e. The summed E-state index contributed by atoms with van der Waals surface area (Å²) in [5, 5.41) is 3.53. The number of nitrogens with zero attached hydrogens (tertiary/aromatic N) is 2. The van der Waals surface area contributed by atoms with E-state index in [0.29, 0.717) is 10.7 Å². The Labute approximate surface area is 93.9 Å². The van der Waals surface area contributed by atoms with Crippen LogP contribution in [-0.2, 0) is 0 Å². The zero-order chi connectivity index (χ0) is 11.3. The maximum atomic E-state index is 11.6. The third-order valence-electron chi connectivity index (χ3n) is 2.06. The molecule has 0 bridgehead atoms. The Kier molecular flexibility index (Phi) is 4.55. The van der Waals surface area contributed by atoms with Crippen molar-refractivity contribution in [2.24, 2.45) is 0 Å². The number of amides is 1. The van der Waals surface area contributed by atoms with Gasteiger partial charge < -0.3 is 5.32 Å². The van der Waals surface area contributed by atoms with E-state index in [9.17, 15) is 4.79 Å². The predicted octanol–water partition coefficient (Wildman–Crippen LogP) is 1.73. The third-order valence-corrected chi connectivity index (χ3v) is 2.64. The Balaban J connectivity index is 2.66. The Hall–Kier alpha value is -1.10. The van der Waals surface area contributed by atoms with Crippen LogP contribution in [0.15, 0.2) is 17.6 Å². The highest BCUT2D eigenvalue weighted by atomic mass is 32.2. The molecule has 1 atom stereocenters. The fraction of sp³-hybridized carbons (Fsp3) is 0.500. The first kappa shape index (κ1) is 12.0. The van der Waals surface area contributed by atoms with Gasteiger partial charge in [-0.25, -0.2) is 9.97 Å². The number of carbonyl (C=O) groups is 1. The summed E-state index contributed by atoms with van der Waals surface area (Å²) in [6, 6.07) is 0.178. The highest BCUT2D eigenvalue weighted by Gasteiger charge is 2.09. The van der Waals surface area contributed by atoms with E-state index >= 15 is 0 Å². The van der Waals surface area contributed by atoms with Gasteiger partial charge in [0.2, 0.25) is 0 Å². The van der Waals surface area contributed by atoms with Crippen LogP contribution < -0.4 is 5.32 Å². The van der Waals surface area contributed by atoms with Crippen molar-refractivity contribution in [1.82, 2.24) is 15.3 Å². The van der Waals surface area contributed by atoms with Gasteiger partial charge in [-0.15, -0.1) is 0 Å². The molecule has 0 aliphatic rings. The molecule has 1 N–H and O–H groups in total. The van der Waals surface area contributed by atoms with Gasteiger partial charge in [-0.3, -0.25) is 4.79 Å². The molecule has 0 fully saturated rings. The minimum absolute atomic E-state index is 0.114. The van der Waals surface area contributed by atoms with Crippen LogP contribution in [0, 0.1) is 0 Å². The smallest absolute Gasteiger partial charge is 0.254 e. The summed E-state index contributed by atoms with van der Waals surface area (Å²) >= 11 is 1.45. The van der Waals surface area contributed by atoms with Crippen molar-refractivity contribution in [3.8, 4) is 0 Å². The number of thioether (sulfide) groups is 1. The zero-order valence-corrected chi connectivity index (χ0v) is 9.97. The lowest BCUT2D eigenvalue weighted by molar-refractivity contribution is 0.0938. The van der Waals surface area contributed by atoms with Crippen LogP contribution in [0.2, 0.25) is 0 Å². The van der Waals surface area contributed by atoms with Crippen LogP contribution in [0.5, 0.6) is 0 Å². The molecule has 0 aliphatic heterocycles. The lowest BCUT2D eigenvalue weighted by atomic mass is 10.2. The van der Waals surface area contributed by atoms with Crippen LogP contribution in [0.25, 0.3) is 0 Å². The molecule has 0 saturated carbocycles. The second kappa shape index (κ2) is 5.70. The third kappa shape index (κ3) is 3.51. The van der Waals surface area contributed by atoms with Crippen molar-refractivity contribution >= 4 is 17.7 Å². The van der Waals surface area contributed by atoms with Crippen LogP contribution in [-0.4, -0.2) is 28.2 Å². The average Bonchev–Trinajstić information content (AvgIpc) is 2.29. The van der Waals surface area contributed by atoms with E-state index in [-0.39, 0.29) is 11.9 Å². The van der Waals surface area contributed by atoms with E-state index in [2.05, 4.69) is 15.3 Å². The number of nitrogens with one attached hydrogen (secondary N) is 1. The molecule has 1 amide bonds. The van der Waals surface area contributed by atoms with Crippen molar-refractivity contribution < 1.29 is 4.79 Å². The Morgan fingerprint density at radius 3 is 2.60 bits per heavy atom. The molecule has 0 spiro atoms. The number of hydrogen-bond acceptors (Lipinski definition) is 4. The largest absolute Gasteiger partial charge is 0.350 e. The summed E-state index contributed by atoms with van der Waals surface area (Å²) in [5.41, 5.74) is 0.508. The SMILES string of the molecule is CC[C@H](C)NC(=O)c1cnc(SC)nc1. The summed E-state index contributed by atoms with van der Waals surface area (Å²) in [6.07, 6.45) is 5.91. The van der Waals surface area contributed by atoms with E-state index in [1.165, 1.54) is 11.8 Å². The van der Waals surface area contributed by atoms with Gasteiger partial charge in [0.05, 0.1) is 5.56 Å². The number of aromatic nitrogens is 2. The molecule has 82 valence electrons. The van der Waals surface area contributed by atoms with E-state index in [1.54, 1.807) is 12.4 Å². The highest BCUT2D eigenvalue weighted by molar-refractivity contribution is 7.98. The number of rotatable bonds is 4. The minimum atomic E-state index is -0.114. The molecule has 1 aromatic rings. The van der Waals surface area contributed by atoms with Crippen LogP contribution >= 0.6 is 11.8 Å².